The SMILES string of the molecule is C=CCN1C(C)(C)CC(OC)(OC)CC1(C)C. The van der Waals surface area contributed by atoms with Crippen LogP contribution in [0.1, 0.15) is 40.5 Å². The molecule has 0 atom stereocenters. The normalized spacial score (nSPS) is 26.7. The summed E-state index contributed by atoms with van der Waals surface area (Å²) in [5.41, 5.74) is 0.0594. The lowest BCUT2D eigenvalue weighted by molar-refractivity contribution is -0.270. The van der Waals surface area contributed by atoms with Crippen LogP contribution in [0.2, 0.25) is 0 Å². The molecule has 17 heavy (non-hydrogen) atoms. The number of hydrogen-bond acceptors (Lipinski definition) is 3. The molecule has 3 heteroatoms. The third kappa shape index (κ3) is 2.72. The van der Waals surface area contributed by atoms with Crippen LogP contribution in [0, 0.1) is 0 Å². The number of ether oxygens (including phenoxy) is 2. The van der Waals surface area contributed by atoms with Crippen molar-refractivity contribution in [1.82, 2.24) is 4.90 Å². The molecule has 0 aromatic rings. The van der Waals surface area contributed by atoms with Crippen LogP contribution in [0.5, 0.6) is 0 Å². The van der Waals surface area contributed by atoms with Crippen molar-refractivity contribution in [1.29, 1.82) is 0 Å². The zero-order chi connectivity index (χ0) is 13.3. The van der Waals surface area contributed by atoms with Gasteiger partial charge in [0.05, 0.1) is 0 Å². The first-order valence-corrected chi connectivity index (χ1v) is 6.22. The second kappa shape index (κ2) is 4.71. The molecule has 1 heterocycles. The lowest BCUT2D eigenvalue weighted by atomic mass is 9.76. The fourth-order valence-electron chi connectivity index (χ4n) is 3.39. The van der Waals surface area contributed by atoms with E-state index >= 15 is 0 Å². The lowest BCUT2D eigenvalue weighted by Gasteiger charge is -2.58. The van der Waals surface area contributed by atoms with E-state index in [1.165, 1.54) is 0 Å². The lowest BCUT2D eigenvalue weighted by Crippen LogP contribution is -2.66. The number of hydrogen-bond donors (Lipinski definition) is 0. The van der Waals surface area contributed by atoms with Gasteiger partial charge in [0.1, 0.15) is 0 Å². The van der Waals surface area contributed by atoms with Gasteiger partial charge in [-0.3, -0.25) is 4.90 Å². The van der Waals surface area contributed by atoms with Gasteiger partial charge in [0.25, 0.3) is 0 Å². The molecule has 1 aliphatic heterocycles. The quantitative estimate of drug-likeness (QED) is 0.558. The Morgan fingerprint density at radius 2 is 1.47 bits per heavy atom. The zero-order valence-electron chi connectivity index (χ0n) is 12.2. The van der Waals surface area contributed by atoms with E-state index in [0.29, 0.717) is 0 Å². The molecule has 1 fully saturated rings. The molecular formula is C14H27NO2. The fraction of sp³-hybridized carbons (Fsp3) is 0.857. The number of piperidine rings is 1. The van der Waals surface area contributed by atoms with Crippen molar-refractivity contribution in [3.63, 3.8) is 0 Å². The Kier molecular flexibility index (Phi) is 4.07. The monoisotopic (exact) mass is 241 g/mol. The Labute approximate surface area is 106 Å². The van der Waals surface area contributed by atoms with Gasteiger partial charge in [0, 0.05) is 44.7 Å². The standard InChI is InChI=1S/C14H27NO2/c1-8-9-15-12(2,3)10-14(16-6,17-7)11-13(15,4)5/h8H,1,9-11H2,2-7H3. The van der Waals surface area contributed by atoms with Crippen molar-refractivity contribution in [2.75, 3.05) is 20.8 Å². The molecule has 0 saturated carbocycles. The average Bonchev–Trinajstić information content (AvgIpc) is 2.22. The molecule has 3 nitrogen and oxygen atoms in total. The Bertz CT molecular complexity index is 260. The summed E-state index contributed by atoms with van der Waals surface area (Å²) >= 11 is 0. The molecule has 0 aromatic carbocycles. The maximum Gasteiger partial charge on any atom is 0.171 e. The molecule has 100 valence electrons. The maximum absolute atomic E-state index is 5.65. The molecule has 1 rings (SSSR count). The average molecular weight is 241 g/mol. The minimum atomic E-state index is -0.468. The predicted molar refractivity (Wildman–Crippen MR) is 71.0 cm³/mol. The van der Waals surface area contributed by atoms with E-state index in [1.807, 2.05) is 6.08 Å². The van der Waals surface area contributed by atoms with Crippen molar-refractivity contribution in [2.45, 2.75) is 57.4 Å². The molecule has 0 bridgehead atoms. The van der Waals surface area contributed by atoms with Crippen LogP contribution in [0.4, 0.5) is 0 Å². The van der Waals surface area contributed by atoms with Gasteiger partial charge in [-0.2, -0.15) is 0 Å². The number of likely N-dealkylation sites (tertiary alicyclic amines) is 1. The molecule has 1 aliphatic rings. The summed E-state index contributed by atoms with van der Waals surface area (Å²) in [5.74, 6) is -0.468. The van der Waals surface area contributed by atoms with Gasteiger partial charge >= 0.3 is 0 Å². The molecule has 0 amide bonds. The highest BCUT2D eigenvalue weighted by molar-refractivity contribution is 5.05. The van der Waals surface area contributed by atoms with Crippen molar-refractivity contribution in [2.24, 2.45) is 0 Å². The Morgan fingerprint density at radius 3 is 1.76 bits per heavy atom. The summed E-state index contributed by atoms with van der Waals surface area (Å²) in [7, 11) is 3.47. The van der Waals surface area contributed by atoms with Crippen LogP contribution in [0.25, 0.3) is 0 Å². The van der Waals surface area contributed by atoms with Gasteiger partial charge in [-0.25, -0.2) is 0 Å². The van der Waals surface area contributed by atoms with E-state index in [9.17, 15) is 0 Å². The second-order valence-electron chi connectivity index (χ2n) is 6.20. The summed E-state index contributed by atoms with van der Waals surface area (Å²) in [6.07, 6.45) is 3.70. The van der Waals surface area contributed by atoms with Gasteiger partial charge in [-0.15, -0.1) is 6.58 Å². The molecule has 0 radical (unpaired) electrons. The van der Waals surface area contributed by atoms with Crippen LogP contribution in [-0.4, -0.2) is 42.5 Å². The number of methoxy groups -OCH3 is 2. The fourth-order valence-corrected chi connectivity index (χ4v) is 3.39. The van der Waals surface area contributed by atoms with Crippen molar-refractivity contribution >= 4 is 0 Å². The van der Waals surface area contributed by atoms with E-state index in [4.69, 9.17) is 9.47 Å². The Morgan fingerprint density at radius 1 is 1.06 bits per heavy atom. The first-order chi connectivity index (χ1) is 7.73. The Hall–Kier alpha value is -0.380. The van der Waals surface area contributed by atoms with Crippen LogP contribution < -0.4 is 0 Å². The predicted octanol–water partition coefficient (Wildman–Crippen LogP) is 2.81. The van der Waals surface area contributed by atoms with E-state index in [2.05, 4.69) is 39.2 Å². The highest BCUT2D eigenvalue weighted by Crippen LogP contribution is 2.45. The van der Waals surface area contributed by atoms with Gasteiger partial charge in [-0.1, -0.05) is 6.08 Å². The molecular weight excluding hydrogens is 214 g/mol. The van der Waals surface area contributed by atoms with Crippen LogP contribution >= 0.6 is 0 Å². The molecule has 0 N–H and O–H groups in total. The van der Waals surface area contributed by atoms with Crippen LogP contribution in [-0.2, 0) is 9.47 Å². The van der Waals surface area contributed by atoms with Gasteiger partial charge < -0.3 is 9.47 Å². The highest BCUT2D eigenvalue weighted by Gasteiger charge is 2.52. The summed E-state index contributed by atoms with van der Waals surface area (Å²) in [6, 6.07) is 0. The summed E-state index contributed by atoms with van der Waals surface area (Å²) in [6.45, 7) is 13.7. The van der Waals surface area contributed by atoms with Crippen molar-refractivity contribution in [3.8, 4) is 0 Å². The van der Waals surface area contributed by atoms with E-state index < -0.39 is 5.79 Å². The molecule has 0 spiro atoms. The van der Waals surface area contributed by atoms with Gasteiger partial charge in [0.2, 0.25) is 0 Å². The van der Waals surface area contributed by atoms with E-state index in [1.54, 1.807) is 14.2 Å². The third-order valence-electron chi connectivity index (χ3n) is 3.92. The van der Waals surface area contributed by atoms with Gasteiger partial charge in [-0.05, 0) is 27.7 Å². The summed E-state index contributed by atoms with van der Waals surface area (Å²) in [5, 5.41) is 0. The molecule has 0 aliphatic carbocycles. The maximum atomic E-state index is 5.65. The third-order valence-corrected chi connectivity index (χ3v) is 3.92. The first-order valence-electron chi connectivity index (χ1n) is 6.22. The molecule has 1 saturated heterocycles. The Balaban J connectivity index is 3.07. The largest absolute Gasteiger partial charge is 0.353 e. The minimum Gasteiger partial charge on any atom is -0.353 e. The van der Waals surface area contributed by atoms with E-state index in [0.717, 1.165) is 19.4 Å². The smallest absolute Gasteiger partial charge is 0.171 e. The highest BCUT2D eigenvalue weighted by atomic mass is 16.7. The first kappa shape index (κ1) is 14.7. The van der Waals surface area contributed by atoms with Crippen molar-refractivity contribution < 1.29 is 9.47 Å². The summed E-state index contributed by atoms with van der Waals surface area (Å²) < 4.78 is 11.3. The van der Waals surface area contributed by atoms with Gasteiger partial charge in [0.15, 0.2) is 5.79 Å². The molecule has 0 aromatic heterocycles. The number of rotatable bonds is 4. The van der Waals surface area contributed by atoms with E-state index in [-0.39, 0.29) is 11.1 Å². The molecule has 0 unspecified atom stereocenters. The minimum absolute atomic E-state index is 0.0297. The van der Waals surface area contributed by atoms with Crippen molar-refractivity contribution in [3.05, 3.63) is 12.7 Å². The summed E-state index contributed by atoms with van der Waals surface area (Å²) in [4.78, 5) is 2.48. The number of nitrogens with zero attached hydrogens (tertiary/aromatic N) is 1. The zero-order valence-corrected chi connectivity index (χ0v) is 12.2. The van der Waals surface area contributed by atoms with Crippen LogP contribution in [0.3, 0.4) is 0 Å². The second-order valence-corrected chi connectivity index (χ2v) is 6.20. The topological polar surface area (TPSA) is 21.7 Å². The van der Waals surface area contributed by atoms with Crippen LogP contribution in [0.15, 0.2) is 12.7 Å².